The maximum Gasteiger partial charge on any atom is 1.00 e. The first-order valence-corrected chi connectivity index (χ1v) is 8.95. The Bertz CT molecular complexity index is 293. The molecule has 0 atom stereocenters. The standard InChI is InChI=1S/C16H28N2O.C2H6.4Rb/c1-3-9-17-10-12-18(13-11-17)16(19)15-7-5-14(4-2)6-8-15;1-2;;;;/h12-15H,3-11H2,1-2H3;1-2H3;;;;/q-2;;4*+1. The third kappa shape index (κ3) is 16.0. The minimum Gasteiger partial charge on any atom is -0.634 e. The van der Waals surface area contributed by atoms with Crippen LogP contribution in [0.2, 0.25) is 0 Å². The summed E-state index contributed by atoms with van der Waals surface area (Å²) in [5.74, 6) is 1.47. The largest absolute Gasteiger partial charge is 1.00 e. The quantitative estimate of drug-likeness (QED) is 0.287. The second-order valence-corrected chi connectivity index (χ2v) is 6.00. The fraction of sp³-hybridized carbons (Fsp3) is 0.833. The van der Waals surface area contributed by atoms with Gasteiger partial charge in [-0.25, -0.2) is 0 Å². The van der Waals surface area contributed by atoms with Crippen molar-refractivity contribution in [3.05, 3.63) is 13.1 Å². The molecule has 1 heterocycles. The van der Waals surface area contributed by atoms with Crippen molar-refractivity contribution in [2.45, 2.75) is 66.2 Å². The van der Waals surface area contributed by atoms with E-state index in [1.807, 2.05) is 18.7 Å². The Kier molecular flexibility index (Phi) is 39.3. The van der Waals surface area contributed by atoms with Gasteiger partial charge >= 0.3 is 233 Å². The third-order valence-electron chi connectivity index (χ3n) is 4.64. The summed E-state index contributed by atoms with van der Waals surface area (Å²) >= 11 is 0. The Balaban J connectivity index is -0.000000355. The maximum absolute atomic E-state index is 12.5. The van der Waals surface area contributed by atoms with E-state index in [1.54, 1.807) is 0 Å². The molecule has 0 N–H and O–H groups in total. The zero-order valence-electron chi connectivity index (χ0n) is 18.5. The van der Waals surface area contributed by atoms with Gasteiger partial charge in [-0.05, 0) is 44.6 Å². The SMILES string of the molecule is CC.CCCN1C[CH-]N(C(=O)C2CCC(CC)CC2)[CH-]C1.[Rb+].[Rb+].[Rb+].[Rb+]. The smallest absolute Gasteiger partial charge is 0.634 e. The number of amides is 1. The summed E-state index contributed by atoms with van der Waals surface area (Å²) in [6.45, 7) is 15.5. The molecule has 0 aromatic rings. The van der Waals surface area contributed by atoms with Crippen LogP contribution < -0.4 is 233 Å². The first kappa shape index (κ1) is 38.9. The van der Waals surface area contributed by atoms with Crippen LogP contribution in [0, 0.1) is 24.9 Å². The van der Waals surface area contributed by atoms with Crippen molar-refractivity contribution in [2.24, 2.45) is 11.8 Å². The van der Waals surface area contributed by atoms with Crippen LogP contribution in [0.1, 0.15) is 66.2 Å². The molecule has 2 aliphatic rings. The molecular weight excluding hydrogens is 602 g/mol. The van der Waals surface area contributed by atoms with E-state index in [1.165, 1.54) is 25.7 Å². The number of piperazine rings is 1. The predicted molar refractivity (Wildman–Crippen MR) is 89.3 cm³/mol. The Hall–Kier alpha value is 6.65. The molecule has 25 heavy (non-hydrogen) atoms. The molecule has 0 unspecified atom stereocenters. The van der Waals surface area contributed by atoms with Gasteiger partial charge in [0.2, 0.25) is 0 Å². The van der Waals surface area contributed by atoms with Gasteiger partial charge in [-0.3, -0.25) is 17.9 Å². The van der Waals surface area contributed by atoms with Crippen LogP contribution in [0.3, 0.4) is 0 Å². The fourth-order valence-electron chi connectivity index (χ4n) is 3.26. The average molecular weight is 636 g/mol. The van der Waals surface area contributed by atoms with Crippen molar-refractivity contribution in [1.29, 1.82) is 0 Å². The Morgan fingerprint density at radius 1 is 0.920 bits per heavy atom. The first-order valence-electron chi connectivity index (χ1n) is 8.95. The van der Waals surface area contributed by atoms with Gasteiger partial charge in [-0.15, -0.1) is 13.1 Å². The van der Waals surface area contributed by atoms with Crippen LogP contribution in [0.4, 0.5) is 0 Å². The molecule has 1 saturated carbocycles. The number of hydrogen-bond acceptors (Lipinski definition) is 2. The summed E-state index contributed by atoms with van der Waals surface area (Å²) in [4.78, 5) is 16.7. The molecule has 2 rings (SSSR count). The molecule has 0 aromatic carbocycles. The first-order chi connectivity index (χ1) is 10.2. The van der Waals surface area contributed by atoms with Gasteiger partial charge in [0.25, 0.3) is 0 Å². The molecule has 7 heteroatoms. The van der Waals surface area contributed by atoms with Crippen molar-refractivity contribution in [3.8, 4) is 0 Å². The zero-order valence-corrected chi connectivity index (χ0v) is 38.1. The molecule has 3 nitrogen and oxygen atoms in total. The van der Waals surface area contributed by atoms with Gasteiger partial charge in [0.15, 0.2) is 5.91 Å². The van der Waals surface area contributed by atoms with Crippen LogP contribution in [0.25, 0.3) is 0 Å². The van der Waals surface area contributed by atoms with Crippen LogP contribution in [0.15, 0.2) is 0 Å². The van der Waals surface area contributed by atoms with Gasteiger partial charge in [0.05, 0.1) is 0 Å². The van der Waals surface area contributed by atoms with E-state index >= 15 is 0 Å². The summed E-state index contributed by atoms with van der Waals surface area (Å²) in [6.07, 6.45) is 7.11. The molecule has 124 valence electrons. The Labute approximate surface area is 353 Å². The van der Waals surface area contributed by atoms with E-state index in [0.717, 1.165) is 38.4 Å². The van der Waals surface area contributed by atoms with Crippen molar-refractivity contribution in [1.82, 2.24) is 9.80 Å². The van der Waals surface area contributed by atoms with Gasteiger partial charge in [-0.1, -0.05) is 34.1 Å². The van der Waals surface area contributed by atoms with Crippen LogP contribution in [-0.4, -0.2) is 35.3 Å². The molecule has 0 aromatic heterocycles. The predicted octanol–water partition coefficient (Wildman–Crippen LogP) is -7.88. The summed E-state index contributed by atoms with van der Waals surface area (Å²) in [6, 6.07) is 0. The minimum absolute atomic E-state index is 0. The van der Waals surface area contributed by atoms with Gasteiger partial charge in [0, 0.05) is 5.92 Å². The van der Waals surface area contributed by atoms with Gasteiger partial charge in [0.1, 0.15) is 0 Å². The second kappa shape index (κ2) is 25.3. The topological polar surface area (TPSA) is 23.6 Å². The number of nitrogens with zero attached hydrogens (tertiary/aromatic N) is 2. The molecular formula is C18H34N2ORb4+2. The number of hydrogen-bond donors (Lipinski definition) is 0. The van der Waals surface area contributed by atoms with E-state index in [4.69, 9.17) is 0 Å². The number of carbonyl (C=O) groups is 1. The number of rotatable bonds is 4. The molecule has 0 radical (unpaired) electrons. The molecule has 2 fully saturated rings. The van der Waals surface area contributed by atoms with Crippen molar-refractivity contribution >= 4 is 5.91 Å². The Morgan fingerprint density at radius 2 is 1.40 bits per heavy atom. The minimum atomic E-state index is 0. The van der Waals surface area contributed by atoms with E-state index < -0.39 is 0 Å². The van der Waals surface area contributed by atoms with Crippen LogP contribution >= 0.6 is 0 Å². The van der Waals surface area contributed by atoms with Crippen molar-refractivity contribution in [2.75, 3.05) is 19.6 Å². The molecule has 0 spiro atoms. The fourth-order valence-corrected chi connectivity index (χ4v) is 3.26. The monoisotopic (exact) mass is 634 g/mol. The maximum atomic E-state index is 12.5. The molecule has 1 aliphatic carbocycles. The van der Waals surface area contributed by atoms with E-state index in [-0.39, 0.29) is 239 Å². The van der Waals surface area contributed by atoms with Crippen LogP contribution in [0.5, 0.6) is 0 Å². The van der Waals surface area contributed by atoms with Gasteiger partial charge in [-0.2, -0.15) is 0 Å². The molecule has 0 bridgehead atoms. The summed E-state index contributed by atoms with van der Waals surface area (Å²) in [5.41, 5.74) is 0. The normalized spacial score (nSPS) is 22.6. The summed E-state index contributed by atoms with van der Waals surface area (Å²) in [5, 5.41) is 0. The van der Waals surface area contributed by atoms with Gasteiger partial charge < -0.3 is 9.80 Å². The van der Waals surface area contributed by atoms with Crippen molar-refractivity contribution < 1.29 is 238 Å². The van der Waals surface area contributed by atoms with Crippen molar-refractivity contribution in [3.63, 3.8) is 0 Å². The average Bonchev–Trinajstić information content (AvgIpc) is 2.57. The summed E-state index contributed by atoms with van der Waals surface area (Å²) < 4.78 is 0. The van der Waals surface area contributed by atoms with E-state index in [9.17, 15) is 4.79 Å². The summed E-state index contributed by atoms with van der Waals surface area (Å²) in [7, 11) is 0. The molecule has 1 amide bonds. The second-order valence-electron chi connectivity index (χ2n) is 6.00. The van der Waals surface area contributed by atoms with Crippen LogP contribution in [-0.2, 0) is 4.79 Å². The number of carbonyl (C=O) groups excluding carboxylic acids is 1. The zero-order chi connectivity index (χ0) is 15.7. The van der Waals surface area contributed by atoms with E-state index in [2.05, 4.69) is 31.8 Å². The Morgan fingerprint density at radius 3 is 1.80 bits per heavy atom. The third-order valence-corrected chi connectivity index (χ3v) is 4.64. The molecule has 1 aliphatic heterocycles. The molecule has 1 saturated heterocycles. The van der Waals surface area contributed by atoms with E-state index in [0.29, 0.717) is 5.91 Å².